The van der Waals surface area contributed by atoms with Crippen LogP contribution < -0.4 is 5.32 Å². The predicted molar refractivity (Wildman–Crippen MR) is 112 cm³/mol. The molecule has 0 fully saturated rings. The highest BCUT2D eigenvalue weighted by Gasteiger charge is 2.18. The number of hydrogen-bond acceptors (Lipinski definition) is 3. The lowest BCUT2D eigenvalue weighted by Crippen LogP contribution is -2.03. The van der Waals surface area contributed by atoms with Crippen molar-refractivity contribution >= 4 is 33.0 Å². The van der Waals surface area contributed by atoms with Gasteiger partial charge < -0.3 is 5.32 Å². The number of allylic oxidation sites excluding steroid dienone is 1. The molecule has 0 radical (unpaired) electrons. The molecule has 0 saturated heterocycles. The van der Waals surface area contributed by atoms with Crippen LogP contribution in [0, 0.1) is 0 Å². The Bertz CT molecular complexity index is 1120. The second-order valence-electron chi connectivity index (χ2n) is 5.95. The highest BCUT2D eigenvalue weighted by atomic mass is 79.9. The molecular weight excluding hydrogens is 402 g/mol. The minimum atomic E-state index is -0.114. The Labute approximate surface area is 165 Å². The number of nitrogens with zero attached hydrogens (tertiary/aromatic N) is 2. The molecule has 132 valence electrons. The topological polar surface area (TPSA) is 46.4 Å². The lowest BCUT2D eigenvalue weighted by molar-refractivity contribution is 0.104. The fourth-order valence-electron chi connectivity index (χ4n) is 2.87. The molecule has 0 aliphatic carbocycles. The Kier molecular flexibility index (Phi) is 4.85. The lowest BCUT2D eigenvalue weighted by Gasteiger charge is -2.03. The standard InChI is InChI=1S/C22H16BrN3O/c23-17-9-11-18(12-10-17)24-14-13-19(27)22-21(16-6-2-1-3-7-16)25-20-8-4-5-15-26(20)22/h1-15,24H/b14-13-. The van der Waals surface area contributed by atoms with E-state index >= 15 is 0 Å². The number of nitrogens with one attached hydrogen (secondary N) is 1. The summed E-state index contributed by atoms with van der Waals surface area (Å²) in [7, 11) is 0. The van der Waals surface area contributed by atoms with E-state index in [1.807, 2.05) is 83.4 Å². The minimum Gasteiger partial charge on any atom is -0.362 e. The van der Waals surface area contributed by atoms with E-state index in [1.165, 1.54) is 6.08 Å². The summed E-state index contributed by atoms with van der Waals surface area (Å²) in [5.74, 6) is -0.114. The van der Waals surface area contributed by atoms with Gasteiger partial charge in [0.1, 0.15) is 17.0 Å². The largest absolute Gasteiger partial charge is 0.362 e. The molecule has 2 aromatic heterocycles. The van der Waals surface area contributed by atoms with E-state index in [0.717, 1.165) is 21.4 Å². The molecule has 2 aromatic carbocycles. The Morgan fingerprint density at radius 1 is 0.963 bits per heavy atom. The average molecular weight is 418 g/mol. The van der Waals surface area contributed by atoms with Crippen molar-refractivity contribution in [3.63, 3.8) is 0 Å². The molecular formula is C22H16BrN3O. The number of hydrogen-bond donors (Lipinski definition) is 1. The summed E-state index contributed by atoms with van der Waals surface area (Å²) < 4.78 is 2.83. The van der Waals surface area contributed by atoms with Crippen molar-refractivity contribution in [3.05, 3.63) is 101 Å². The van der Waals surface area contributed by atoms with Crippen LogP contribution in [-0.2, 0) is 0 Å². The molecule has 27 heavy (non-hydrogen) atoms. The molecule has 5 heteroatoms. The van der Waals surface area contributed by atoms with Gasteiger partial charge in [0.2, 0.25) is 5.78 Å². The Morgan fingerprint density at radius 2 is 1.70 bits per heavy atom. The molecule has 4 aromatic rings. The van der Waals surface area contributed by atoms with Crippen molar-refractivity contribution in [2.75, 3.05) is 5.32 Å². The Balaban J connectivity index is 1.68. The van der Waals surface area contributed by atoms with Gasteiger partial charge in [0, 0.05) is 34.2 Å². The van der Waals surface area contributed by atoms with Crippen molar-refractivity contribution in [2.45, 2.75) is 0 Å². The van der Waals surface area contributed by atoms with Crippen LogP contribution in [0.1, 0.15) is 10.5 Å². The van der Waals surface area contributed by atoms with E-state index in [9.17, 15) is 4.79 Å². The molecule has 0 aliphatic heterocycles. The second-order valence-corrected chi connectivity index (χ2v) is 6.87. The summed E-state index contributed by atoms with van der Waals surface area (Å²) in [6.07, 6.45) is 5.05. The van der Waals surface area contributed by atoms with Gasteiger partial charge in [-0.3, -0.25) is 9.20 Å². The first-order chi connectivity index (χ1) is 13.2. The zero-order valence-corrected chi connectivity index (χ0v) is 15.9. The first-order valence-corrected chi connectivity index (χ1v) is 9.27. The molecule has 4 rings (SSSR count). The lowest BCUT2D eigenvalue weighted by atomic mass is 10.1. The van der Waals surface area contributed by atoms with Crippen LogP contribution >= 0.6 is 15.9 Å². The third kappa shape index (κ3) is 3.68. The monoisotopic (exact) mass is 417 g/mol. The van der Waals surface area contributed by atoms with Crippen molar-refractivity contribution in [3.8, 4) is 11.3 Å². The van der Waals surface area contributed by atoms with Gasteiger partial charge in [-0.2, -0.15) is 0 Å². The van der Waals surface area contributed by atoms with Crippen LogP contribution in [0.5, 0.6) is 0 Å². The molecule has 2 heterocycles. The number of anilines is 1. The number of fused-ring (bicyclic) bond motifs is 1. The number of aromatic nitrogens is 2. The highest BCUT2D eigenvalue weighted by molar-refractivity contribution is 9.10. The average Bonchev–Trinajstić information content (AvgIpc) is 3.10. The number of pyridine rings is 1. The highest BCUT2D eigenvalue weighted by Crippen LogP contribution is 2.25. The van der Waals surface area contributed by atoms with E-state index in [2.05, 4.69) is 26.2 Å². The molecule has 1 N–H and O–H groups in total. The van der Waals surface area contributed by atoms with E-state index < -0.39 is 0 Å². The van der Waals surface area contributed by atoms with E-state index in [0.29, 0.717) is 11.4 Å². The van der Waals surface area contributed by atoms with Crippen molar-refractivity contribution in [1.82, 2.24) is 9.38 Å². The predicted octanol–water partition coefficient (Wildman–Crippen LogP) is 5.57. The quantitative estimate of drug-likeness (QED) is 0.340. The van der Waals surface area contributed by atoms with Gasteiger partial charge in [-0.25, -0.2) is 4.98 Å². The van der Waals surface area contributed by atoms with Crippen LogP contribution in [0.4, 0.5) is 5.69 Å². The van der Waals surface area contributed by atoms with Crippen molar-refractivity contribution in [1.29, 1.82) is 0 Å². The summed E-state index contributed by atoms with van der Waals surface area (Å²) in [6.45, 7) is 0. The zero-order valence-electron chi connectivity index (χ0n) is 14.3. The Morgan fingerprint density at radius 3 is 2.48 bits per heavy atom. The van der Waals surface area contributed by atoms with Gasteiger partial charge in [-0.05, 0) is 36.4 Å². The first kappa shape index (κ1) is 17.2. The van der Waals surface area contributed by atoms with Gasteiger partial charge in [-0.15, -0.1) is 0 Å². The Hall–Kier alpha value is -3.18. The first-order valence-electron chi connectivity index (χ1n) is 8.48. The van der Waals surface area contributed by atoms with E-state index in [4.69, 9.17) is 0 Å². The molecule has 0 amide bonds. The number of carbonyl (C=O) groups excluding carboxylic acids is 1. The summed E-state index contributed by atoms with van der Waals surface area (Å²) in [6, 6.07) is 23.2. The summed E-state index contributed by atoms with van der Waals surface area (Å²) in [5.41, 5.74) is 3.79. The van der Waals surface area contributed by atoms with Crippen molar-refractivity contribution < 1.29 is 4.79 Å². The number of ketones is 1. The number of benzene rings is 2. The molecule has 0 atom stereocenters. The maximum Gasteiger partial charge on any atom is 0.206 e. The normalized spacial score (nSPS) is 11.1. The molecule has 0 saturated carbocycles. The number of imidazole rings is 1. The third-order valence-corrected chi connectivity index (χ3v) is 4.67. The maximum absolute atomic E-state index is 13.0. The number of halogens is 1. The van der Waals surface area contributed by atoms with Crippen LogP contribution in [0.3, 0.4) is 0 Å². The van der Waals surface area contributed by atoms with Crippen LogP contribution in [0.25, 0.3) is 16.9 Å². The number of rotatable bonds is 5. The van der Waals surface area contributed by atoms with Gasteiger partial charge in [0.05, 0.1) is 0 Å². The minimum absolute atomic E-state index is 0.114. The van der Waals surface area contributed by atoms with Crippen molar-refractivity contribution in [2.24, 2.45) is 0 Å². The van der Waals surface area contributed by atoms with Crippen LogP contribution in [0.2, 0.25) is 0 Å². The third-order valence-electron chi connectivity index (χ3n) is 4.14. The van der Waals surface area contributed by atoms with E-state index in [1.54, 1.807) is 6.20 Å². The maximum atomic E-state index is 13.0. The summed E-state index contributed by atoms with van der Waals surface area (Å²) >= 11 is 3.41. The smallest absolute Gasteiger partial charge is 0.206 e. The van der Waals surface area contributed by atoms with Crippen LogP contribution in [0.15, 0.2) is 95.7 Å². The molecule has 4 nitrogen and oxygen atoms in total. The summed E-state index contributed by atoms with van der Waals surface area (Å²) in [5, 5.41) is 3.12. The van der Waals surface area contributed by atoms with Gasteiger partial charge >= 0.3 is 0 Å². The number of carbonyl (C=O) groups is 1. The second kappa shape index (κ2) is 7.60. The fourth-order valence-corrected chi connectivity index (χ4v) is 3.13. The zero-order chi connectivity index (χ0) is 18.6. The SMILES string of the molecule is O=C(/C=C\Nc1ccc(Br)cc1)c1c(-c2ccccc2)nc2ccccn12. The molecule has 0 spiro atoms. The molecule has 0 aliphatic rings. The molecule has 0 unspecified atom stereocenters. The van der Waals surface area contributed by atoms with Gasteiger partial charge in [0.25, 0.3) is 0 Å². The van der Waals surface area contributed by atoms with Gasteiger partial charge in [-0.1, -0.05) is 52.3 Å². The van der Waals surface area contributed by atoms with E-state index in [-0.39, 0.29) is 5.78 Å². The molecule has 0 bridgehead atoms. The fraction of sp³-hybridized carbons (Fsp3) is 0. The van der Waals surface area contributed by atoms with Crippen LogP contribution in [-0.4, -0.2) is 15.2 Å². The summed E-state index contributed by atoms with van der Waals surface area (Å²) in [4.78, 5) is 17.6. The van der Waals surface area contributed by atoms with Gasteiger partial charge in [0.15, 0.2) is 0 Å².